The van der Waals surface area contributed by atoms with E-state index in [1.165, 1.54) is 36.9 Å². The van der Waals surface area contributed by atoms with Crippen molar-refractivity contribution in [1.82, 2.24) is 5.16 Å². The smallest absolute Gasteiger partial charge is 0.228 e. The molecule has 3 nitrogen and oxygen atoms in total. The number of hydrogen-bond acceptors (Lipinski definition) is 3. The number of nitrogens with zero attached hydrogens (tertiary/aromatic N) is 1. The molecule has 0 aromatic carbocycles. The van der Waals surface area contributed by atoms with Gasteiger partial charge >= 0.3 is 0 Å². The topological polar surface area (TPSA) is 38.1 Å². The van der Waals surface area contributed by atoms with Gasteiger partial charge in [-0.05, 0) is 25.7 Å². The number of nitrogens with one attached hydrogen (secondary N) is 1. The Morgan fingerprint density at radius 3 is 3.00 bits per heavy atom. The second kappa shape index (κ2) is 2.76. The van der Waals surface area contributed by atoms with Crippen LogP contribution in [-0.2, 0) is 6.42 Å². The molecule has 1 saturated carbocycles. The highest BCUT2D eigenvalue weighted by Crippen LogP contribution is 2.40. The molecule has 0 bridgehead atoms. The average molecular weight is 178 g/mol. The average Bonchev–Trinajstić information content (AvgIpc) is 2.47. The minimum Gasteiger partial charge on any atom is -0.354 e. The molecule has 70 valence electrons. The number of anilines is 1. The van der Waals surface area contributed by atoms with Gasteiger partial charge in [0.2, 0.25) is 5.88 Å². The Kier molecular flexibility index (Phi) is 1.57. The summed E-state index contributed by atoms with van der Waals surface area (Å²) in [6.45, 7) is 1.03. The maximum absolute atomic E-state index is 5.28. The second-order valence-electron chi connectivity index (χ2n) is 4.03. The van der Waals surface area contributed by atoms with Crippen molar-refractivity contribution in [2.24, 2.45) is 0 Å². The molecule has 1 aliphatic heterocycles. The number of aromatic nitrogens is 1. The van der Waals surface area contributed by atoms with E-state index in [0.29, 0.717) is 5.92 Å². The standard InChI is InChI=1S/C10H14N2O/c1-3-7(4-1)9-8-5-2-6-11-10(8)13-12-9/h7,11H,1-6H2. The zero-order chi connectivity index (χ0) is 8.67. The maximum Gasteiger partial charge on any atom is 0.228 e. The molecule has 0 saturated heterocycles. The third kappa shape index (κ3) is 1.06. The zero-order valence-corrected chi connectivity index (χ0v) is 7.68. The van der Waals surface area contributed by atoms with Crippen LogP contribution in [0.1, 0.15) is 42.9 Å². The van der Waals surface area contributed by atoms with Gasteiger partial charge in [-0.2, -0.15) is 0 Å². The van der Waals surface area contributed by atoms with Gasteiger partial charge in [-0.15, -0.1) is 0 Å². The van der Waals surface area contributed by atoms with Crippen molar-refractivity contribution in [3.63, 3.8) is 0 Å². The SMILES string of the molecule is C1CNc2onc(C3CCC3)c2C1. The predicted octanol–water partition coefficient (Wildman–Crippen LogP) is 2.30. The Morgan fingerprint density at radius 2 is 2.23 bits per heavy atom. The van der Waals surface area contributed by atoms with E-state index < -0.39 is 0 Å². The van der Waals surface area contributed by atoms with Crippen LogP contribution in [-0.4, -0.2) is 11.7 Å². The summed E-state index contributed by atoms with van der Waals surface area (Å²) in [5, 5.41) is 7.44. The highest BCUT2D eigenvalue weighted by molar-refractivity contribution is 5.47. The van der Waals surface area contributed by atoms with E-state index in [0.717, 1.165) is 18.8 Å². The zero-order valence-electron chi connectivity index (χ0n) is 7.68. The predicted molar refractivity (Wildman–Crippen MR) is 49.9 cm³/mol. The van der Waals surface area contributed by atoms with Crippen LogP contribution in [0, 0.1) is 0 Å². The molecule has 0 amide bonds. The molecule has 1 aromatic heterocycles. The van der Waals surface area contributed by atoms with Gasteiger partial charge in [0, 0.05) is 18.0 Å². The first-order chi connectivity index (χ1) is 6.45. The van der Waals surface area contributed by atoms with Crippen molar-refractivity contribution >= 4 is 5.88 Å². The van der Waals surface area contributed by atoms with Crippen LogP contribution in [0.4, 0.5) is 5.88 Å². The van der Waals surface area contributed by atoms with E-state index >= 15 is 0 Å². The van der Waals surface area contributed by atoms with Crippen LogP contribution < -0.4 is 5.32 Å². The van der Waals surface area contributed by atoms with Crippen molar-refractivity contribution in [3.05, 3.63) is 11.3 Å². The van der Waals surface area contributed by atoms with Gasteiger partial charge in [-0.3, -0.25) is 0 Å². The lowest BCUT2D eigenvalue weighted by Gasteiger charge is -2.24. The monoisotopic (exact) mass is 178 g/mol. The number of hydrogen-bond donors (Lipinski definition) is 1. The molecule has 0 radical (unpaired) electrons. The molecule has 0 unspecified atom stereocenters. The van der Waals surface area contributed by atoms with Gasteiger partial charge < -0.3 is 9.84 Å². The third-order valence-electron chi connectivity index (χ3n) is 3.20. The van der Waals surface area contributed by atoms with E-state index in [2.05, 4.69) is 10.5 Å². The molecule has 0 spiro atoms. The fourth-order valence-electron chi connectivity index (χ4n) is 2.17. The lowest BCUT2D eigenvalue weighted by Crippen LogP contribution is -2.15. The highest BCUT2D eigenvalue weighted by Gasteiger charge is 2.28. The summed E-state index contributed by atoms with van der Waals surface area (Å²) in [4.78, 5) is 0. The van der Waals surface area contributed by atoms with Gasteiger partial charge in [-0.25, -0.2) is 0 Å². The van der Waals surface area contributed by atoms with Crippen molar-refractivity contribution in [2.45, 2.75) is 38.0 Å². The Bertz CT molecular complexity index is 315. The first-order valence-corrected chi connectivity index (χ1v) is 5.17. The molecule has 2 heterocycles. The van der Waals surface area contributed by atoms with Gasteiger partial charge in [-0.1, -0.05) is 11.6 Å². The largest absolute Gasteiger partial charge is 0.354 e. The van der Waals surface area contributed by atoms with Gasteiger partial charge in [0.25, 0.3) is 0 Å². The summed E-state index contributed by atoms with van der Waals surface area (Å²) in [7, 11) is 0. The summed E-state index contributed by atoms with van der Waals surface area (Å²) >= 11 is 0. The summed E-state index contributed by atoms with van der Waals surface area (Å²) in [6.07, 6.45) is 6.34. The molecule has 1 fully saturated rings. The summed E-state index contributed by atoms with van der Waals surface area (Å²) in [6, 6.07) is 0. The Morgan fingerprint density at radius 1 is 1.31 bits per heavy atom. The summed E-state index contributed by atoms with van der Waals surface area (Å²) in [5.41, 5.74) is 2.60. The lowest BCUT2D eigenvalue weighted by atomic mass is 9.81. The van der Waals surface area contributed by atoms with Crippen molar-refractivity contribution in [1.29, 1.82) is 0 Å². The van der Waals surface area contributed by atoms with Crippen LogP contribution in [0.15, 0.2) is 4.52 Å². The normalized spacial score (nSPS) is 21.8. The lowest BCUT2D eigenvalue weighted by molar-refractivity contribution is 0.368. The van der Waals surface area contributed by atoms with Gasteiger partial charge in [0.05, 0.1) is 5.69 Å². The molecule has 1 aromatic rings. The maximum atomic E-state index is 5.28. The Hall–Kier alpha value is -0.990. The number of rotatable bonds is 1. The molecule has 1 N–H and O–H groups in total. The van der Waals surface area contributed by atoms with E-state index in [4.69, 9.17) is 4.52 Å². The minimum absolute atomic E-state index is 0.701. The Balaban J connectivity index is 1.95. The number of fused-ring (bicyclic) bond motifs is 1. The minimum atomic E-state index is 0.701. The van der Waals surface area contributed by atoms with Crippen molar-refractivity contribution in [3.8, 4) is 0 Å². The van der Waals surface area contributed by atoms with Crippen LogP contribution in [0.5, 0.6) is 0 Å². The van der Waals surface area contributed by atoms with Crippen LogP contribution in [0.3, 0.4) is 0 Å². The summed E-state index contributed by atoms with van der Waals surface area (Å²) < 4.78 is 5.28. The first-order valence-electron chi connectivity index (χ1n) is 5.17. The Labute approximate surface area is 77.5 Å². The van der Waals surface area contributed by atoms with E-state index in [-0.39, 0.29) is 0 Å². The molecule has 0 atom stereocenters. The van der Waals surface area contributed by atoms with Gasteiger partial charge in [0.1, 0.15) is 0 Å². The first kappa shape index (κ1) is 7.42. The van der Waals surface area contributed by atoms with Crippen LogP contribution >= 0.6 is 0 Å². The van der Waals surface area contributed by atoms with Gasteiger partial charge in [0.15, 0.2) is 0 Å². The highest BCUT2D eigenvalue weighted by atomic mass is 16.5. The third-order valence-corrected chi connectivity index (χ3v) is 3.20. The molecule has 1 aliphatic carbocycles. The molecule has 3 heteroatoms. The van der Waals surface area contributed by atoms with E-state index in [9.17, 15) is 0 Å². The van der Waals surface area contributed by atoms with E-state index in [1.807, 2.05) is 0 Å². The van der Waals surface area contributed by atoms with Crippen LogP contribution in [0.2, 0.25) is 0 Å². The molecule has 3 rings (SSSR count). The molecule has 2 aliphatic rings. The molecular weight excluding hydrogens is 164 g/mol. The second-order valence-corrected chi connectivity index (χ2v) is 4.03. The fraction of sp³-hybridized carbons (Fsp3) is 0.700. The fourth-order valence-corrected chi connectivity index (χ4v) is 2.17. The van der Waals surface area contributed by atoms with E-state index in [1.54, 1.807) is 0 Å². The quantitative estimate of drug-likeness (QED) is 0.717. The van der Waals surface area contributed by atoms with Crippen molar-refractivity contribution in [2.75, 3.05) is 11.9 Å². The molecule has 13 heavy (non-hydrogen) atoms. The van der Waals surface area contributed by atoms with Crippen LogP contribution in [0.25, 0.3) is 0 Å². The molecular formula is C10H14N2O. The van der Waals surface area contributed by atoms with Crippen molar-refractivity contribution < 1.29 is 4.52 Å². The summed E-state index contributed by atoms with van der Waals surface area (Å²) in [5.74, 6) is 1.64.